The van der Waals surface area contributed by atoms with Gasteiger partial charge in [0.25, 0.3) is 5.91 Å². The summed E-state index contributed by atoms with van der Waals surface area (Å²) >= 11 is 1.55. The monoisotopic (exact) mass is 394 g/mol. The highest BCUT2D eigenvalue weighted by Gasteiger charge is 2.13. The van der Waals surface area contributed by atoms with E-state index >= 15 is 0 Å². The van der Waals surface area contributed by atoms with Crippen LogP contribution in [0.4, 0.5) is 5.69 Å². The number of thioether (sulfide) groups is 1. The Balaban J connectivity index is 1.54. The van der Waals surface area contributed by atoms with Crippen molar-refractivity contribution in [2.45, 2.75) is 19.2 Å². The van der Waals surface area contributed by atoms with Gasteiger partial charge in [0.1, 0.15) is 5.76 Å². The van der Waals surface area contributed by atoms with Gasteiger partial charge >= 0.3 is 0 Å². The standard InChI is InChI=1S/C22H22N2O3S/c1-16-7-2-3-8-17(16)14-28-15-21(25)24-20-11-5-4-10-19(20)22(26)23-13-18-9-6-12-27-18/h2-12H,13-15H2,1H3,(H,23,26)(H,24,25). The predicted octanol–water partition coefficient (Wildman–Crippen LogP) is 4.39. The Hall–Kier alpha value is -2.99. The maximum absolute atomic E-state index is 12.5. The molecule has 0 spiro atoms. The zero-order valence-electron chi connectivity index (χ0n) is 15.6. The van der Waals surface area contributed by atoms with E-state index in [-0.39, 0.29) is 11.8 Å². The number of carbonyl (C=O) groups excluding carboxylic acids is 2. The molecule has 6 heteroatoms. The molecular weight excluding hydrogens is 372 g/mol. The van der Waals surface area contributed by atoms with Crippen LogP contribution in [-0.2, 0) is 17.1 Å². The molecule has 3 aromatic rings. The molecule has 0 aliphatic rings. The van der Waals surface area contributed by atoms with Crippen LogP contribution >= 0.6 is 11.8 Å². The molecule has 0 unspecified atom stereocenters. The largest absolute Gasteiger partial charge is 0.467 e. The minimum Gasteiger partial charge on any atom is -0.467 e. The quantitative estimate of drug-likeness (QED) is 0.594. The third kappa shape index (κ3) is 5.50. The SMILES string of the molecule is Cc1ccccc1CSCC(=O)Nc1ccccc1C(=O)NCc1ccco1. The van der Waals surface area contributed by atoms with Gasteiger partial charge in [-0.1, -0.05) is 36.4 Å². The Labute approximate surface area is 168 Å². The summed E-state index contributed by atoms with van der Waals surface area (Å²) in [5.41, 5.74) is 3.36. The average Bonchev–Trinajstić information content (AvgIpc) is 3.22. The molecule has 0 saturated carbocycles. The third-order valence-electron chi connectivity index (χ3n) is 4.20. The average molecular weight is 394 g/mol. The van der Waals surface area contributed by atoms with Gasteiger partial charge in [-0.15, -0.1) is 11.8 Å². The van der Waals surface area contributed by atoms with E-state index < -0.39 is 0 Å². The molecule has 2 N–H and O–H groups in total. The number of rotatable bonds is 8. The summed E-state index contributed by atoms with van der Waals surface area (Å²) in [5.74, 6) is 1.36. The Morgan fingerprint density at radius 1 is 1.00 bits per heavy atom. The van der Waals surface area contributed by atoms with Gasteiger partial charge in [0.15, 0.2) is 0 Å². The molecule has 0 aliphatic heterocycles. The Morgan fingerprint density at radius 2 is 1.79 bits per heavy atom. The molecule has 1 aromatic heterocycles. The number of nitrogens with one attached hydrogen (secondary N) is 2. The lowest BCUT2D eigenvalue weighted by Gasteiger charge is -2.11. The van der Waals surface area contributed by atoms with Crippen molar-refractivity contribution >= 4 is 29.3 Å². The van der Waals surface area contributed by atoms with E-state index in [2.05, 4.69) is 29.7 Å². The molecular formula is C22H22N2O3S. The molecule has 0 fully saturated rings. The predicted molar refractivity (Wildman–Crippen MR) is 112 cm³/mol. The number of amides is 2. The topological polar surface area (TPSA) is 71.3 Å². The van der Waals surface area contributed by atoms with E-state index in [0.717, 1.165) is 5.75 Å². The second kappa shape index (κ2) is 9.80. The summed E-state index contributed by atoms with van der Waals surface area (Å²) < 4.78 is 5.22. The number of furan rings is 1. The Kier molecular flexibility index (Phi) is 6.92. The van der Waals surface area contributed by atoms with Crippen molar-refractivity contribution in [1.82, 2.24) is 5.32 Å². The zero-order valence-corrected chi connectivity index (χ0v) is 16.4. The lowest BCUT2D eigenvalue weighted by molar-refractivity contribution is -0.113. The molecule has 5 nitrogen and oxygen atoms in total. The summed E-state index contributed by atoms with van der Waals surface area (Å²) in [6.07, 6.45) is 1.56. The van der Waals surface area contributed by atoms with E-state index in [0.29, 0.717) is 29.3 Å². The number of anilines is 1. The summed E-state index contributed by atoms with van der Waals surface area (Å²) in [7, 11) is 0. The molecule has 0 saturated heterocycles. The minimum absolute atomic E-state index is 0.134. The summed E-state index contributed by atoms with van der Waals surface area (Å²) in [6, 6.07) is 18.7. The highest BCUT2D eigenvalue weighted by atomic mass is 32.2. The minimum atomic E-state index is -0.264. The molecule has 144 valence electrons. The number of aryl methyl sites for hydroxylation is 1. The van der Waals surface area contributed by atoms with Crippen LogP contribution < -0.4 is 10.6 Å². The fourth-order valence-corrected chi connectivity index (χ4v) is 3.58. The van der Waals surface area contributed by atoms with E-state index in [4.69, 9.17) is 4.42 Å². The second-order valence-corrected chi connectivity index (χ2v) is 7.26. The molecule has 1 heterocycles. The van der Waals surface area contributed by atoms with Gasteiger partial charge in [0.05, 0.1) is 29.8 Å². The van der Waals surface area contributed by atoms with E-state index in [1.807, 2.05) is 12.1 Å². The van der Waals surface area contributed by atoms with Crippen molar-refractivity contribution in [1.29, 1.82) is 0 Å². The van der Waals surface area contributed by atoms with Gasteiger partial charge in [0, 0.05) is 5.75 Å². The van der Waals surface area contributed by atoms with Crippen molar-refractivity contribution in [3.05, 3.63) is 89.4 Å². The fraction of sp³-hybridized carbons (Fsp3) is 0.182. The van der Waals surface area contributed by atoms with E-state index in [1.165, 1.54) is 11.1 Å². The van der Waals surface area contributed by atoms with Crippen LogP contribution in [-0.4, -0.2) is 17.6 Å². The van der Waals surface area contributed by atoms with Crippen LogP contribution in [0.5, 0.6) is 0 Å². The highest BCUT2D eigenvalue weighted by Crippen LogP contribution is 2.18. The van der Waals surface area contributed by atoms with Crippen molar-refractivity contribution in [2.24, 2.45) is 0 Å². The second-order valence-electron chi connectivity index (χ2n) is 6.28. The van der Waals surface area contributed by atoms with Crippen molar-refractivity contribution in [2.75, 3.05) is 11.1 Å². The molecule has 2 aromatic carbocycles. The molecule has 0 bridgehead atoms. The van der Waals surface area contributed by atoms with E-state index in [1.54, 1.807) is 54.4 Å². The zero-order chi connectivity index (χ0) is 19.8. The van der Waals surface area contributed by atoms with Crippen molar-refractivity contribution in [3.8, 4) is 0 Å². The van der Waals surface area contributed by atoms with Crippen molar-refractivity contribution in [3.63, 3.8) is 0 Å². The van der Waals surface area contributed by atoms with Gasteiger partial charge < -0.3 is 15.1 Å². The van der Waals surface area contributed by atoms with Crippen molar-refractivity contribution < 1.29 is 14.0 Å². The number of benzene rings is 2. The van der Waals surface area contributed by atoms with Crippen LogP contribution in [0.3, 0.4) is 0 Å². The van der Waals surface area contributed by atoms with E-state index in [9.17, 15) is 9.59 Å². The number of hydrogen-bond donors (Lipinski definition) is 2. The van der Waals surface area contributed by atoms with Gasteiger partial charge in [-0.2, -0.15) is 0 Å². The molecule has 28 heavy (non-hydrogen) atoms. The Morgan fingerprint density at radius 3 is 2.57 bits per heavy atom. The van der Waals surface area contributed by atoms with Crippen LogP contribution in [0.2, 0.25) is 0 Å². The van der Waals surface area contributed by atoms with Crippen LogP contribution in [0.15, 0.2) is 71.3 Å². The lowest BCUT2D eigenvalue weighted by atomic mass is 10.1. The number of hydrogen-bond acceptors (Lipinski definition) is 4. The summed E-state index contributed by atoms with van der Waals surface area (Å²) in [6.45, 7) is 2.36. The Bertz CT molecular complexity index is 938. The van der Waals surface area contributed by atoms with Gasteiger partial charge in [-0.05, 0) is 42.3 Å². The number of carbonyl (C=O) groups is 2. The maximum atomic E-state index is 12.5. The van der Waals surface area contributed by atoms with Gasteiger partial charge in [-0.3, -0.25) is 9.59 Å². The summed E-state index contributed by atoms with van der Waals surface area (Å²) in [5, 5.41) is 5.64. The first-order valence-electron chi connectivity index (χ1n) is 8.95. The first kappa shape index (κ1) is 19.8. The fourth-order valence-electron chi connectivity index (χ4n) is 2.68. The highest BCUT2D eigenvalue weighted by molar-refractivity contribution is 7.99. The molecule has 0 radical (unpaired) electrons. The first-order chi connectivity index (χ1) is 13.6. The molecule has 0 aliphatic carbocycles. The first-order valence-corrected chi connectivity index (χ1v) is 10.1. The molecule has 3 rings (SSSR count). The summed E-state index contributed by atoms with van der Waals surface area (Å²) in [4.78, 5) is 24.8. The van der Waals surface area contributed by atoms with Crippen LogP contribution in [0, 0.1) is 6.92 Å². The lowest BCUT2D eigenvalue weighted by Crippen LogP contribution is -2.25. The third-order valence-corrected chi connectivity index (χ3v) is 5.18. The van der Waals surface area contributed by atoms with Crippen LogP contribution in [0.1, 0.15) is 27.2 Å². The van der Waals surface area contributed by atoms with Crippen LogP contribution in [0.25, 0.3) is 0 Å². The van der Waals surface area contributed by atoms with Gasteiger partial charge in [-0.25, -0.2) is 0 Å². The van der Waals surface area contributed by atoms with Gasteiger partial charge in [0.2, 0.25) is 5.91 Å². The maximum Gasteiger partial charge on any atom is 0.253 e. The smallest absolute Gasteiger partial charge is 0.253 e. The molecule has 2 amide bonds. The number of para-hydroxylation sites is 1. The molecule has 0 atom stereocenters. The normalized spacial score (nSPS) is 10.5.